The fraction of sp³-hybridized carbons (Fsp3) is 0.286. The summed E-state index contributed by atoms with van der Waals surface area (Å²) in [6.07, 6.45) is 7.63. The van der Waals surface area contributed by atoms with Crippen molar-refractivity contribution < 1.29 is 9.84 Å². The molecule has 0 saturated carbocycles. The van der Waals surface area contributed by atoms with Crippen molar-refractivity contribution in [3.05, 3.63) is 59.9 Å². The summed E-state index contributed by atoms with van der Waals surface area (Å²) in [6, 6.07) is 8.04. The summed E-state index contributed by atoms with van der Waals surface area (Å²) in [7, 11) is 0. The Morgan fingerprint density at radius 3 is 2.59 bits per heavy atom. The first-order valence-electron chi connectivity index (χ1n) is 5.61. The fourth-order valence-corrected chi connectivity index (χ4v) is 1.85. The lowest BCUT2D eigenvalue weighted by Gasteiger charge is -2.16. The first kappa shape index (κ1) is 12.2. The fourth-order valence-electron chi connectivity index (χ4n) is 1.75. The summed E-state index contributed by atoms with van der Waals surface area (Å²) in [5, 5.41) is 9.45. The van der Waals surface area contributed by atoms with Crippen LogP contribution in [0.5, 0.6) is 0 Å². The molecule has 1 aliphatic heterocycles. The molecular formula is C14H15ClO2. The monoisotopic (exact) mass is 250 g/mol. The molecule has 1 N–H and O–H groups in total. The Bertz CT molecular complexity index is 409. The summed E-state index contributed by atoms with van der Waals surface area (Å²) in [4.78, 5) is 0. The van der Waals surface area contributed by atoms with E-state index in [2.05, 4.69) is 0 Å². The van der Waals surface area contributed by atoms with E-state index in [1.54, 1.807) is 6.26 Å². The maximum Gasteiger partial charge on any atom is 0.141 e. The minimum Gasteiger partial charge on any atom is -0.489 e. The van der Waals surface area contributed by atoms with Crippen molar-refractivity contribution in [2.24, 2.45) is 0 Å². The number of hydrogen-bond donors (Lipinski definition) is 1. The molecule has 0 radical (unpaired) electrons. The van der Waals surface area contributed by atoms with Crippen LogP contribution in [-0.4, -0.2) is 17.1 Å². The lowest BCUT2D eigenvalue weighted by atomic mass is 10.0. The van der Waals surface area contributed by atoms with E-state index >= 15 is 0 Å². The number of alkyl halides is 1. The van der Waals surface area contributed by atoms with E-state index in [9.17, 15) is 5.11 Å². The first-order valence-corrected chi connectivity index (χ1v) is 6.14. The Morgan fingerprint density at radius 2 is 2.00 bits per heavy atom. The quantitative estimate of drug-likeness (QED) is 0.833. The Labute approximate surface area is 106 Å². The molecule has 90 valence electrons. The maximum absolute atomic E-state index is 9.45. The number of aliphatic hydroxyl groups excluding tert-OH is 1. The van der Waals surface area contributed by atoms with Gasteiger partial charge in [-0.2, -0.15) is 0 Å². The zero-order valence-electron chi connectivity index (χ0n) is 9.42. The van der Waals surface area contributed by atoms with Gasteiger partial charge in [0.2, 0.25) is 0 Å². The Morgan fingerprint density at radius 1 is 1.24 bits per heavy atom. The summed E-state index contributed by atoms with van der Waals surface area (Å²) in [5.74, 6) is 0.265. The van der Waals surface area contributed by atoms with E-state index in [0.29, 0.717) is 6.42 Å². The average molecular weight is 251 g/mol. The van der Waals surface area contributed by atoms with E-state index in [0.717, 1.165) is 11.1 Å². The van der Waals surface area contributed by atoms with Gasteiger partial charge in [0, 0.05) is 5.88 Å². The van der Waals surface area contributed by atoms with Gasteiger partial charge in [-0.25, -0.2) is 0 Å². The molecule has 0 fully saturated rings. The van der Waals surface area contributed by atoms with Crippen LogP contribution in [0, 0.1) is 0 Å². The molecule has 2 unspecified atom stereocenters. The molecule has 1 aliphatic rings. The minimum absolute atomic E-state index is 0.00741. The minimum atomic E-state index is -0.476. The Hall–Kier alpha value is -1.25. The largest absolute Gasteiger partial charge is 0.489 e. The molecule has 1 heterocycles. The third-order valence-electron chi connectivity index (χ3n) is 2.66. The second-order valence-corrected chi connectivity index (χ2v) is 4.33. The maximum atomic E-state index is 9.45. The van der Waals surface area contributed by atoms with E-state index in [1.807, 2.05) is 42.5 Å². The summed E-state index contributed by atoms with van der Waals surface area (Å²) >= 11 is 5.57. The predicted octanol–water partition coefficient (Wildman–Crippen LogP) is 2.97. The Kier molecular flexibility index (Phi) is 4.24. The number of benzene rings is 1. The van der Waals surface area contributed by atoms with Crippen LogP contribution >= 0.6 is 11.6 Å². The van der Waals surface area contributed by atoms with Crippen molar-refractivity contribution in [1.82, 2.24) is 0 Å². The van der Waals surface area contributed by atoms with Crippen molar-refractivity contribution in [2.45, 2.75) is 18.6 Å². The van der Waals surface area contributed by atoms with Gasteiger partial charge in [-0.3, -0.25) is 0 Å². The van der Waals surface area contributed by atoms with E-state index in [4.69, 9.17) is 16.3 Å². The molecular weight excluding hydrogens is 236 g/mol. The van der Waals surface area contributed by atoms with Crippen molar-refractivity contribution in [2.75, 3.05) is 5.88 Å². The highest BCUT2D eigenvalue weighted by atomic mass is 35.5. The topological polar surface area (TPSA) is 29.5 Å². The van der Waals surface area contributed by atoms with Gasteiger partial charge in [0.05, 0.1) is 12.4 Å². The molecule has 1 aromatic carbocycles. The highest BCUT2D eigenvalue weighted by Crippen LogP contribution is 2.22. The Balaban J connectivity index is 2.02. The standard InChI is InChI=1S/C14H15ClO2/c15-10-13(16)9-11-4-6-12(7-5-11)14-3-1-2-8-17-14/h1-8,13-14,16H,9-10H2. The number of rotatable bonds is 4. The molecule has 0 saturated heterocycles. The van der Waals surface area contributed by atoms with E-state index < -0.39 is 6.10 Å². The van der Waals surface area contributed by atoms with Gasteiger partial charge < -0.3 is 9.84 Å². The predicted molar refractivity (Wildman–Crippen MR) is 69.0 cm³/mol. The molecule has 0 bridgehead atoms. The van der Waals surface area contributed by atoms with Gasteiger partial charge in [-0.1, -0.05) is 30.3 Å². The van der Waals surface area contributed by atoms with Crippen LogP contribution in [0.25, 0.3) is 0 Å². The number of ether oxygens (including phenoxy) is 1. The summed E-state index contributed by atoms with van der Waals surface area (Å²) in [5.41, 5.74) is 2.19. The highest BCUT2D eigenvalue weighted by molar-refractivity contribution is 6.18. The molecule has 0 aliphatic carbocycles. The number of allylic oxidation sites excluding steroid dienone is 2. The summed E-state index contributed by atoms with van der Waals surface area (Å²) in [6.45, 7) is 0. The zero-order valence-corrected chi connectivity index (χ0v) is 10.2. The molecule has 17 heavy (non-hydrogen) atoms. The van der Waals surface area contributed by atoms with Gasteiger partial charge in [-0.05, 0) is 29.7 Å². The van der Waals surface area contributed by atoms with Crippen LogP contribution < -0.4 is 0 Å². The van der Waals surface area contributed by atoms with Crippen LogP contribution in [-0.2, 0) is 11.2 Å². The average Bonchev–Trinajstić information content (AvgIpc) is 2.40. The van der Waals surface area contributed by atoms with Crippen LogP contribution in [0.15, 0.2) is 48.8 Å². The molecule has 2 atom stereocenters. The molecule has 3 heteroatoms. The van der Waals surface area contributed by atoms with E-state index in [-0.39, 0.29) is 12.0 Å². The first-order chi connectivity index (χ1) is 8.29. The van der Waals surface area contributed by atoms with Gasteiger partial charge in [0.15, 0.2) is 0 Å². The SMILES string of the molecule is OC(CCl)Cc1ccc(C2C=CC=CO2)cc1. The second kappa shape index (κ2) is 5.89. The number of hydrogen-bond acceptors (Lipinski definition) is 2. The molecule has 0 aromatic heterocycles. The summed E-state index contributed by atoms with van der Waals surface area (Å²) < 4.78 is 5.47. The van der Waals surface area contributed by atoms with Crippen LogP contribution in [0.1, 0.15) is 17.2 Å². The second-order valence-electron chi connectivity index (χ2n) is 4.02. The molecule has 1 aromatic rings. The molecule has 2 nitrogen and oxygen atoms in total. The van der Waals surface area contributed by atoms with Crippen molar-refractivity contribution in [3.8, 4) is 0 Å². The third-order valence-corrected chi connectivity index (χ3v) is 3.01. The zero-order chi connectivity index (χ0) is 12.1. The van der Waals surface area contributed by atoms with Gasteiger partial charge in [-0.15, -0.1) is 11.6 Å². The third kappa shape index (κ3) is 3.35. The normalized spacial score (nSPS) is 20.0. The molecule has 2 rings (SSSR count). The number of halogens is 1. The van der Waals surface area contributed by atoms with Gasteiger partial charge in [0.25, 0.3) is 0 Å². The number of aliphatic hydroxyl groups is 1. The lowest BCUT2D eigenvalue weighted by molar-refractivity contribution is 0.186. The van der Waals surface area contributed by atoms with E-state index in [1.165, 1.54) is 0 Å². The van der Waals surface area contributed by atoms with Gasteiger partial charge >= 0.3 is 0 Å². The van der Waals surface area contributed by atoms with Crippen LogP contribution in [0.2, 0.25) is 0 Å². The molecule has 0 spiro atoms. The van der Waals surface area contributed by atoms with Crippen LogP contribution in [0.3, 0.4) is 0 Å². The van der Waals surface area contributed by atoms with Crippen molar-refractivity contribution in [1.29, 1.82) is 0 Å². The molecule has 0 amide bonds. The van der Waals surface area contributed by atoms with Crippen LogP contribution in [0.4, 0.5) is 0 Å². The van der Waals surface area contributed by atoms with Gasteiger partial charge in [0.1, 0.15) is 6.10 Å². The van der Waals surface area contributed by atoms with Crippen molar-refractivity contribution >= 4 is 11.6 Å². The lowest BCUT2D eigenvalue weighted by Crippen LogP contribution is -2.11. The van der Waals surface area contributed by atoms with Crippen molar-refractivity contribution in [3.63, 3.8) is 0 Å². The smallest absolute Gasteiger partial charge is 0.141 e. The highest BCUT2D eigenvalue weighted by Gasteiger charge is 2.10.